The standard InChI is InChI=1S/C17H23N3OS/c1-3-12-8-15(22-16(12)19-4-6-21-7-5-19)20-13(11-18)9-17(2)10-14(17)20/h8,13-14H,3-7,9-10H2,1-2H3/t13?,14?,17-/m0/s1. The molecule has 1 saturated carbocycles. The van der Waals surface area contributed by atoms with Gasteiger partial charge in [-0.05, 0) is 36.3 Å². The van der Waals surface area contributed by atoms with Gasteiger partial charge in [0.2, 0.25) is 0 Å². The molecule has 22 heavy (non-hydrogen) atoms. The minimum Gasteiger partial charge on any atom is -0.378 e. The first-order chi connectivity index (χ1) is 10.7. The molecule has 5 heteroatoms. The van der Waals surface area contributed by atoms with Crippen molar-refractivity contribution in [2.75, 3.05) is 36.1 Å². The maximum absolute atomic E-state index is 9.52. The Morgan fingerprint density at radius 1 is 1.41 bits per heavy atom. The predicted octanol–water partition coefficient (Wildman–Crippen LogP) is 3.03. The molecule has 0 aromatic carbocycles. The first-order valence-corrected chi connectivity index (χ1v) is 9.11. The number of nitriles is 1. The van der Waals surface area contributed by atoms with Gasteiger partial charge in [0.25, 0.3) is 0 Å². The van der Waals surface area contributed by atoms with Crippen LogP contribution in [-0.4, -0.2) is 38.4 Å². The van der Waals surface area contributed by atoms with Gasteiger partial charge in [-0.15, -0.1) is 11.3 Å². The molecule has 0 spiro atoms. The number of nitrogens with zero attached hydrogens (tertiary/aromatic N) is 3. The highest BCUT2D eigenvalue weighted by Gasteiger charge is 2.62. The summed E-state index contributed by atoms with van der Waals surface area (Å²) in [7, 11) is 0. The molecule has 3 fully saturated rings. The van der Waals surface area contributed by atoms with Crippen molar-refractivity contribution in [3.63, 3.8) is 0 Å². The third-order valence-corrected chi connectivity index (χ3v) is 6.74. The van der Waals surface area contributed by atoms with Crippen molar-refractivity contribution in [3.8, 4) is 6.07 Å². The number of morpholine rings is 1. The Labute approximate surface area is 136 Å². The lowest BCUT2D eigenvalue weighted by Crippen LogP contribution is -2.36. The predicted molar refractivity (Wildman–Crippen MR) is 89.7 cm³/mol. The van der Waals surface area contributed by atoms with Crippen molar-refractivity contribution in [1.82, 2.24) is 0 Å². The van der Waals surface area contributed by atoms with E-state index in [0.717, 1.165) is 39.1 Å². The second kappa shape index (κ2) is 5.14. The third kappa shape index (κ3) is 2.12. The third-order valence-electron chi connectivity index (χ3n) is 5.49. The number of ether oxygens (including phenoxy) is 1. The van der Waals surface area contributed by atoms with Gasteiger partial charge in [0.05, 0.1) is 29.3 Å². The molecule has 0 N–H and O–H groups in total. The van der Waals surface area contributed by atoms with Crippen LogP contribution in [0.3, 0.4) is 0 Å². The summed E-state index contributed by atoms with van der Waals surface area (Å²) in [4.78, 5) is 4.87. The number of aryl methyl sites for hydroxylation is 1. The number of hydrogen-bond donors (Lipinski definition) is 0. The molecule has 0 radical (unpaired) electrons. The number of fused-ring (bicyclic) bond motifs is 1. The Morgan fingerprint density at radius 3 is 2.86 bits per heavy atom. The maximum Gasteiger partial charge on any atom is 0.118 e. The van der Waals surface area contributed by atoms with Gasteiger partial charge in [-0.1, -0.05) is 13.8 Å². The highest BCUT2D eigenvalue weighted by atomic mass is 32.1. The van der Waals surface area contributed by atoms with Crippen molar-refractivity contribution in [1.29, 1.82) is 5.26 Å². The zero-order chi connectivity index (χ0) is 15.3. The molecule has 4 rings (SSSR count). The highest BCUT2D eigenvalue weighted by Crippen LogP contribution is 2.61. The second-order valence-electron chi connectivity index (χ2n) is 7.00. The molecule has 1 aliphatic carbocycles. The van der Waals surface area contributed by atoms with Gasteiger partial charge < -0.3 is 14.5 Å². The lowest BCUT2D eigenvalue weighted by atomic mass is 10.0. The summed E-state index contributed by atoms with van der Waals surface area (Å²) in [6.07, 6.45) is 3.33. The van der Waals surface area contributed by atoms with Gasteiger partial charge in [-0.2, -0.15) is 5.26 Å². The summed E-state index contributed by atoms with van der Waals surface area (Å²) in [5, 5.41) is 12.2. The fraction of sp³-hybridized carbons (Fsp3) is 0.706. The van der Waals surface area contributed by atoms with Crippen LogP contribution in [0.15, 0.2) is 6.07 Å². The zero-order valence-electron chi connectivity index (χ0n) is 13.3. The van der Waals surface area contributed by atoms with Crippen LogP contribution in [0, 0.1) is 16.7 Å². The summed E-state index contributed by atoms with van der Waals surface area (Å²) >= 11 is 1.88. The van der Waals surface area contributed by atoms with E-state index in [1.165, 1.54) is 22.0 Å². The molecule has 1 aromatic heterocycles. The van der Waals surface area contributed by atoms with E-state index >= 15 is 0 Å². The van der Waals surface area contributed by atoms with E-state index in [2.05, 4.69) is 35.8 Å². The normalized spacial score (nSPS) is 33.7. The average molecular weight is 317 g/mol. The van der Waals surface area contributed by atoms with E-state index in [0.29, 0.717) is 11.5 Å². The number of piperidine rings is 1. The van der Waals surface area contributed by atoms with Gasteiger partial charge >= 0.3 is 0 Å². The van der Waals surface area contributed by atoms with E-state index < -0.39 is 0 Å². The van der Waals surface area contributed by atoms with Crippen LogP contribution in [0.25, 0.3) is 0 Å². The van der Waals surface area contributed by atoms with E-state index in [9.17, 15) is 5.26 Å². The second-order valence-corrected chi connectivity index (χ2v) is 8.01. The smallest absolute Gasteiger partial charge is 0.118 e. The summed E-state index contributed by atoms with van der Waals surface area (Å²) in [6, 6.07) is 5.50. The number of anilines is 2. The Hall–Kier alpha value is -1.25. The fourth-order valence-electron chi connectivity index (χ4n) is 4.03. The van der Waals surface area contributed by atoms with Crippen LogP contribution in [-0.2, 0) is 11.2 Å². The van der Waals surface area contributed by atoms with Crippen molar-refractivity contribution < 1.29 is 4.74 Å². The van der Waals surface area contributed by atoms with Crippen LogP contribution in [0.5, 0.6) is 0 Å². The minimum absolute atomic E-state index is 0.0599. The van der Waals surface area contributed by atoms with Crippen LogP contribution >= 0.6 is 11.3 Å². The molecule has 1 aromatic rings. The van der Waals surface area contributed by atoms with Crippen molar-refractivity contribution in [2.24, 2.45) is 5.41 Å². The number of thiophene rings is 1. The molecule has 3 aliphatic rings. The molecular formula is C17H23N3OS. The maximum atomic E-state index is 9.52. The first kappa shape index (κ1) is 14.3. The SMILES string of the molecule is CCc1cc(N2C(C#N)C[C@@]3(C)CC23)sc1N1CCOCC1. The van der Waals surface area contributed by atoms with Crippen LogP contribution in [0.4, 0.5) is 10.0 Å². The molecule has 0 bridgehead atoms. The average Bonchev–Trinajstić information content (AvgIpc) is 2.93. The Bertz CT molecular complexity index is 616. The summed E-state index contributed by atoms with van der Waals surface area (Å²) in [5.74, 6) is 0. The monoisotopic (exact) mass is 317 g/mol. The Kier molecular flexibility index (Phi) is 3.35. The fourth-order valence-corrected chi connectivity index (χ4v) is 5.43. The van der Waals surface area contributed by atoms with Crippen LogP contribution < -0.4 is 9.80 Å². The summed E-state index contributed by atoms with van der Waals surface area (Å²) < 4.78 is 5.48. The van der Waals surface area contributed by atoms with E-state index in [4.69, 9.17) is 4.74 Å². The summed E-state index contributed by atoms with van der Waals surface area (Å²) in [6.45, 7) is 8.16. The number of hydrogen-bond acceptors (Lipinski definition) is 5. The minimum atomic E-state index is 0.0599. The quantitative estimate of drug-likeness (QED) is 0.859. The topological polar surface area (TPSA) is 39.5 Å². The van der Waals surface area contributed by atoms with Crippen molar-refractivity contribution in [2.45, 2.75) is 45.2 Å². The molecular weight excluding hydrogens is 294 g/mol. The van der Waals surface area contributed by atoms with Crippen molar-refractivity contribution >= 4 is 21.3 Å². The van der Waals surface area contributed by atoms with Gasteiger partial charge in [-0.3, -0.25) is 0 Å². The highest BCUT2D eigenvalue weighted by molar-refractivity contribution is 7.20. The van der Waals surface area contributed by atoms with E-state index in [-0.39, 0.29) is 6.04 Å². The molecule has 3 atom stereocenters. The van der Waals surface area contributed by atoms with E-state index in [1.807, 2.05) is 11.3 Å². The van der Waals surface area contributed by atoms with Gasteiger partial charge in [0.15, 0.2) is 0 Å². The molecule has 118 valence electrons. The molecule has 2 unspecified atom stereocenters. The molecule has 3 heterocycles. The van der Waals surface area contributed by atoms with Crippen molar-refractivity contribution in [3.05, 3.63) is 11.6 Å². The molecule has 2 aliphatic heterocycles. The lowest BCUT2D eigenvalue weighted by Gasteiger charge is -2.28. The Morgan fingerprint density at radius 2 is 2.18 bits per heavy atom. The zero-order valence-corrected chi connectivity index (χ0v) is 14.2. The van der Waals surface area contributed by atoms with Gasteiger partial charge in [0.1, 0.15) is 6.04 Å². The van der Waals surface area contributed by atoms with Crippen LogP contribution in [0.2, 0.25) is 0 Å². The summed E-state index contributed by atoms with van der Waals surface area (Å²) in [5.41, 5.74) is 1.81. The van der Waals surface area contributed by atoms with Crippen LogP contribution in [0.1, 0.15) is 32.3 Å². The molecule has 0 amide bonds. The van der Waals surface area contributed by atoms with E-state index in [1.54, 1.807) is 0 Å². The van der Waals surface area contributed by atoms with Gasteiger partial charge in [-0.25, -0.2) is 0 Å². The first-order valence-electron chi connectivity index (χ1n) is 8.29. The van der Waals surface area contributed by atoms with Gasteiger partial charge in [0, 0.05) is 19.1 Å². The number of rotatable bonds is 3. The lowest BCUT2D eigenvalue weighted by molar-refractivity contribution is 0.123. The molecule has 2 saturated heterocycles. The Balaban J connectivity index is 1.65. The largest absolute Gasteiger partial charge is 0.378 e. The molecule has 4 nitrogen and oxygen atoms in total.